The first-order valence-corrected chi connectivity index (χ1v) is 8.90. The highest BCUT2D eigenvalue weighted by atomic mass is 14.3. The first-order chi connectivity index (χ1) is 11.3. The van der Waals surface area contributed by atoms with Crippen molar-refractivity contribution in [3.05, 3.63) is 82.9 Å². The Bertz CT molecular complexity index is 702. The zero-order valence-corrected chi connectivity index (χ0v) is 14.3. The predicted molar refractivity (Wildman–Crippen MR) is 101 cm³/mol. The molecule has 0 heterocycles. The summed E-state index contributed by atoms with van der Waals surface area (Å²) in [5.74, 6) is 0. The second-order valence-corrected chi connectivity index (χ2v) is 6.34. The van der Waals surface area contributed by atoms with Gasteiger partial charge in [-0.3, -0.25) is 0 Å². The Hall–Kier alpha value is -2.08. The molecule has 0 radical (unpaired) electrons. The first-order valence-electron chi connectivity index (χ1n) is 8.90. The normalized spacial score (nSPS) is 14.7. The molecule has 3 rings (SSSR count). The minimum absolute atomic E-state index is 1.12. The number of benzene rings is 2. The van der Waals surface area contributed by atoms with E-state index in [1.807, 2.05) is 0 Å². The van der Waals surface area contributed by atoms with Gasteiger partial charge in [0.2, 0.25) is 0 Å². The van der Waals surface area contributed by atoms with Gasteiger partial charge in [-0.1, -0.05) is 92.9 Å². The third-order valence-corrected chi connectivity index (χ3v) is 4.65. The van der Waals surface area contributed by atoms with Crippen LogP contribution in [0.4, 0.5) is 0 Å². The SMILES string of the molecule is CCCC1=C(c2ccccc2)C(CCC)=C(c2ccccc2)C1. The van der Waals surface area contributed by atoms with E-state index < -0.39 is 0 Å². The molecule has 0 N–H and O–H groups in total. The average Bonchev–Trinajstić information content (AvgIpc) is 2.95. The van der Waals surface area contributed by atoms with Gasteiger partial charge in [-0.25, -0.2) is 0 Å². The topological polar surface area (TPSA) is 0 Å². The molecule has 0 bridgehead atoms. The third-order valence-electron chi connectivity index (χ3n) is 4.65. The van der Waals surface area contributed by atoms with Crippen LogP contribution in [0.25, 0.3) is 11.1 Å². The van der Waals surface area contributed by atoms with Crippen molar-refractivity contribution in [2.45, 2.75) is 46.0 Å². The highest BCUT2D eigenvalue weighted by Crippen LogP contribution is 2.46. The Morgan fingerprint density at radius 2 is 1.26 bits per heavy atom. The number of allylic oxidation sites excluding steroid dienone is 4. The molecule has 0 aromatic heterocycles. The fourth-order valence-corrected chi connectivity index (χ4v) is 3.71. The lowest BCUT2D eigenvalue weighted by Gasteiger charge is -2.13. The fraction of sp³-hybridized carbons (Fsp3) is 0.304. The molecule has 0 nitrogen and oxygen atoms in total. The summed E-state index contributed by atoms with van der Waals surface area (Å²) in [5.41, 5.74) is 9.08. The fourth-order valence-electron chi connectivity index (χ4n) is 3.71. The Morgan fingerprint density at radius 1 is 0.696 bits per heavy atom. The highest BCUT2D eigenvalue weighted by Gasteiger charge is 2.25. The van der Waals surface area contributed by atoms with E-state index >= 15 is 0 Å². The molecule has 0 atom stereocenters. The monoisotopic (exact) mass is 302 g/mol. The molecule has 0 amide bonds. The van der Waals surface area contributed by atoms with Crippen LogP contribution in [0.3, 0.4) is 0 Å². The summed E-state index contributed by atoms with van der Waals surface area (Å²) in [6.45, 7) is 4.58. The summed E-state index contributed by atoms with van der Waals surface area (Å²) in [4.78, 5) is 0. The average molecular weight is 302 g/mol. The molecule has 1 aliphatic carbocycles. The standard InChI is InChI=1S/C23H26/c1-3-11-20-17-22(18-13-7-5-8-14-18)21(12-4-2)23(20)19-15-9-6-10-16-19/h5-10,13-16H,3-4,11-12,17H2,1-2H3. The van der Waals surface area contributed by atoms with Gasteiger partial charge in [0.05, 0.1) is 0 Å². The summed E-state index contributed by atoms with van der Waals surface area (Å²) in [6.07, 6.45) is 5.90. The van der Waals surface area contributed by atoms with Gasteiger partial charge >= 0.3 is 0 Å². The van der Waals surface area contributed by atoms with Crippen LogP contribution in [0.5, 0.6) is 0 Å². The van der Waals surface area contributed by atoms with Crippen LogP contribution in [0.2, 0.25) is 0 Å². The summed E-state index contributed by atoms with van der Waals surface area (Å²) in [6, 6.07) is 21.9. The van der Waals surface area contributed by atoms with Gasteiger partial charge in [0.15, 0.2) is 0 Å². The van der Waals surface area contributed by atoms with Crippen LogP contribution in [0, 0.1) is 0 Å². The van der Waals surface area contributed by atoms with Crippen LogP contribution < -0.4 is 0 Å². The van der Waals surface area contributed by atoms with Crippen molar-refractivity contribution in [2.75, 3.05) is 0 Å². The second kappa shape index (κ2) is 7.46. The number of hydrogen-bond donors (Lipinski definition) is 0. The molecular weight excluding hydrogens is 276 g/mol. The third kappa shape index (κ3) is 3.32. The largest absolute Gasteiger partial charge is 0.0651 e. The van der Waals surface area contributed by atoms with Crippen LogP contribution >= 0.6 is 0 Å². The molecule has 0 unspecified atom stereocenters. The van der Waals surface area contributed by atoms with Gasteiger partial charge in [0.1, 0.15) is 0 Å². The molecule has 0 aliphatic heterocycles. The lowest BCUT2D eigenvalue weighted by molar-refractivity contribution is 0.892. The maximum absolute atomic E-state index is 2.29. The van der Waals surface area contributed by atoms with E-state index in [0.717, 1.165) is 6.42 Å². The van der Waals surface area contributed by atoms with Crippen molar-refractivity contribution in [1.82, 2.24) is 0 Å². The van der Waals surface area contributed by atoms with E-state index in [1.54, 1.807) is 16.7 Å². The van der Waals surface area contributed by atoms with E-state index in [2.05, 4.69) is 74.5 Å². The lowest BCUT2D eigenvalue weighted by atomic mass is 9.92. The summed E-state index contributed by atoms with van der Waals surface area (Å²) in [5, 5.41) is 0. The first kappa shape index (κ1) is 15.8. The number of hydrogen-bond acceptors (Lipinski definition) is 0. The summed E-state index contributed by atoms with van der Waals surface area (Å²) in [7, 11) is 0. The van der Waals surface area contributed by atoms with Crippen molar-refractivity contribution >= 4 is 11.1 Å². The predicted octanol–water partition coefficient (Wildman–Crippen LogP) is 6.90. The number of rotatable bonds is 6. The van der Waals surface area contributed by atoms with Crippen molar-refractivity contribution in [3.8, 4) is 0 Å². The van der Waals surface area contributed by atoms with Crippen LogP contribution in [-0.4, -0.2) is 0 Å². The zero-order valence-electron chi connectivity index (χ0n) is 14.3. The van der Waals surface area contributed by atoms with E-state index in [4.69, 9.17) is 0 Å². The van der Waals surface area contributed by atoms with E-state index in [0.29, 0.717) is 0 Å². The van der Waals surface area contributed by atoms with Gasteiger partial charge < -0.3 is 0 Å². The van der Waals surface area contributed by atoms with Crippen LogP contribution in [0.1, 0.15) is 57.1 Å². The minimum Gasteiger partial charge on any atom is -0.0651 e. The Morgan fingerprint density at radius 3 is 1.83 bits per heavy atom. The van der Waals surface area contributed by atoms with E-state index in [1.165, 1.54) is 42.4 Å². The van der Waals surface area contributed by atoms with E-state index in [9.17, 15) is 0 Å². The molecule has 0 heteroatoms. The second-order valence-electron chi connectivity index (χ2n) is 6.34. The Labute approximate surface area is 140 Å². The van der Waals surface area contributed by atoms with Crippen LogP contribution in [0.15, 0.2) is 71.8 Å². The van der Waals surface area contributed by atoms with Gasteiger partial charge in [-0.15, -0.1) is 0 Å². The van der Waals surface area contributed by atoms with Crippen molar-refractivity contribution in [3.63, 3.8) is 0 Å². The molecular formula is C23H26. The van der Waals surface area contributed by atoms with Crippen LogP contribution in [-0.2, 0) is 0 Å². The molecule has 0 saturated carbocycles. The molecule has 2 aromatic carbocycles. The molecule has 23 heavy (non-hydrogen) atoms. The maximum Gasteiger partial charge on any atom is -0.00489 e. The van der Waals surface area contributed by atoms with E-state index in [-0.39, 0.29) is 0 Å². The minimum atomic E-state index is 1.12. The Kier molecular flexibility index (Phi) is 5.12. The van der Waals surface area contributed by atoms with Gasteiger partial charge in [-0.2, -0.15) is 0 Å². The molecule has 1 aliphatic rings. The summed E-state index contributed by atoms with van der Waals surface area (Å²) < 4.78 is 0. The Balaban J connectivity index is 2.12. The van der Waals surface area contributed by atoms with Crippen molar-refractivity contribution < 1.29 is 0 Å². The van der Waals surface area contributed by atoms with Crippen molar-refractivity contribution in [1.29, 1.82) is 0 Å². The zero-order chi connectivity index (χ0) is 16.1. The molecule has 0 saturated heterocycles. The van der Waals surface area contributed by atoms with Gasteiger partial charge in [-0.05, 0) is 47.1 Å². The van der Waals surface area contributed by atoms with Crippen molar-refractivity contribution in [2.24, 2.45) is 0 Å². The molecule has 118 valence electrons. The van der Waals surface area contributed by atoms with Gasteiger partial charge in [0.25, 0.3) is 0 Å². The maximum atomic E-state index is 2.29. The quantitative estimate of drug-likeness (QED) is 0.544. The lowest BCUT2D eigenvalue weighted by Crippen LogP contribution is -1.91. The molecule has 2 aromatic rings. The highest BCUT2D eigenvalue weighted by molar-refractivity contribution is 5.96. The van der Waals surface area contributed by atoms with Gasteiger partial charge in [0, 0.05) is 0 Å². The molecule has 0 spiro atoms. The summed E-state index contributed by atoms with van der Waals surface area (Å²) >= 11 is 0. The molecule has 0 fully saturated rings. The smallest absolute Gasteiger partial charge is 0.00489 e.